The fourth-order valence-corrected chi connectivity index (χ4v) is 4.38. The second-order valence-corrected chi connectivity index (χ2v) is 6.99. The van der Waals surface area contributed by atoms with Crippen LogP contribution in [0.5, 0.6) is 0 Å². The Balaban J connectivity index is 2.07. The van der Waals surface area contributed by atoms with Crippen molar-refractivity contribution >= 4 is 11.8 Å². The first-order valence-electron chi connectivity index (χ1n) is 8.13. The van der Waals surface area contributed by atoms with Crippen LogP contribution in [0.2, 0.25) is 0 Å². The van der Waals surface area contributed by atoms with Gasteiger partial charge >= 0.3 is 0 Å². The van der Waals surface area contributed by atoms with Gasteiger partial charge in [-0.25, -0.2) is 0 Å². The van der Waals surface area contributed by atoms with Gasteiger partial charge in [0.25, 0.3) is 5.56 Å². The van der Waals surface area contributed by atoms with Crippen LogP contribution in [0.15, 0.2) is 46.7 Å². The summed E-state index contributed by atoms with van der Waals surface area (Å²) >= 11 is 1.55. The van der Waals surface area contributed by atoms with Crippen LogP contribution in [-0.2, 0) is 12.8 Å². The molecule has 0 spiro atoms. The first-order chi connectivity index (χ1) is 11.8. The van der Waals surface area contributed by atoms with Crippen molar-refractivity contribution in [1.82, 2.24) is 9.88 Å². The Morgan fingerprint density at radius 3 is 2.58 bits per heavy atom. The van der Waals surface area contributed by atoms with Crippen LogP contribution in [0.25, 0.3) is 11.3 Å². The van der Waals surface area contributed by atoms with Crippen molar-refractivity contribution in [3.63, 3.8) is 0 Å². The molecule has 0 unspecified atom stereocenters. The minimum atomic E-state index is -0.202. The van der Waals surface area contributed by atoms with Gasteiger partial charge in [-0.1, -0.05) is 42.1 Å². The monoisotopic (exact) mass is 335 g/mol. The summed E-state index contributed by atoms with van der Waals surface area (Å²) in [6.45, 7) is 0. The maximum atomic E-state index is 13.1. The summed E-state index contributed by atoms with van der Waals surface area (Å²) in [4.78, 5) is 13.1. The number of hydrogen-bond donors (Lipinski definition) is 1. The number of nitrogens with one attached hydrogen (secondary N) is 1. The van der Waals surface area contributed by atoms with Gasteiger partial charge in [-0.3, -0.25) is 9.36 Å². The van der Waals surface area contributed by atoms with Gasteiger partial charge < -0.3 is 5.32 Å². The lowest BCUT2D eigenvalue weighted by molar-refractivity contribution is 0.596. The molecule has 120 valence electrons. The number of nitrogens with zero attached hydrogens (tertiary/aromatic N) is 2. The predicted molar refractivity (Wildman–Crippen MR) is 96.4 cm³/mol. The van der Waals surface area contributed by atoms with Gasteiger partial charge in [-0.05, 0) is 47.8 Å². The van der Waals surface area contributed by atoms with E-state index in [4.69, 9.17) is 0 Å². The van der Waals surface area contributed by atoms with Crippen molar-refractivity contribution < 1.29 is 0 Å². The Hall–Kier alpha value is -2.45. The SMILES string of the molecule is N#Cc1c2c(c(-c3ccccc3)n([C@H]3NC=CS3)c1=O)CCCC2. The molecule has 1 atom stereocenters. The van der Waals surface area contributed by atoms with E-state index < -0.39 is 0 Å². The summed E-state index contributed by atoms with van der Waals surface area (Å²) in [5, 5.41) is 14.8. The van der Waals surface area contributed by atoms with Crippen molar-refractivity contribution in [3.05, 3.63) is 69.0 Å². The fraction of sp³-hybridized carbons (Fsp3) is 0.263. The van der Waals surface area contributed by atoms with E-state index in [-0.39, 0.29) is 11.1 Å². The van der Waals surface area contributed by atoms with E-state index in [1.165, 1.54) is 0 Å². The molecule has 5 heteroatoms. The van der Waals surface area contributed by atoms with Gasteiger partial charge in [-0.15, -0.1) is 0 Å². The first-order valence-corrected chi connectivity index (χ1v) is 9.08. The molecule has 1 N–H and O–H groups in total. The van der Waals surface area contributed by atoms with Crippen LogP contribution >= 0.6 is 11.8 Å². The molecule has 1 aromatic carbocycles. The van der Waals surface area contributed by atoms with Crippen molar-refractivity contribution in [2.75, 3.05) is 0 Å². The molecule has 0 amide bonds. The maximum absolute atomic E-state index is 13.1. The standard InChI is InChI=1S/C19H17N3OS/c20-12-16-14-8-4-5-9-15(14)17(13-6-2-1-3-7-13)22(18(16)23)19-21-10-11-24-19/h1-3,6-7,10-11,19,21H,4-5,8-9H2/t19-/m1/s1. The molecule has 0 saturated heterocycles. The topological polar surface area (TPSA) is 57.8 Å². The van der Waals surface area contributed by atoms with Crippen LogP contribution in [0.3, 0.4) is 0 Å². The zero-order valence-corrected chi connectivity index (χ0v) is 14.0. The first kappa shape index (κ1) is 15.1. The molecule has 0 radical (unpaired) electrons. The molecule has 4 rings (SSSR count). The zero-order chi connectivity index (χ0) is 16.5. The maximum Gasteiger partial charge on any atom is 0.271 e. The van der Waals surface area contributed by atoms with E-state index in [0.717, 1.165) is 48.1 Å². The second kappa shape index (κ2) is 6.21. The smallest absolute Gasteiger partial charge is 0.271 e. The van der Waals surface area contributed by atoms with E-state index in [2.05, 4.69) is 11.4 Å². The Kier molecular flexibility index (Phi) is 3.91. The van der Waals surface area contributed by atoms with Crippen molar-refractivity contribution in [2.24, 2.45) is 0 Å². The molecule has 24 heavy (non-hydrogen) atoms. The second-order valence-electron chi connectivity index (χ2n) is 6.00. The molecule has 2 aliphatic rings. The molecular formula is C19H17N3OS. The highest BCUT2D eigenvalue weighted by molar-refractivity contribution is 8.02. The van der Waals surface area contributed by atoms with Gasteiger partial charge in [0.1, 0.15) is 11.6 Å². The highest BCUT2D eigenvalue weighted by atomic mass is 32.2. The summed E-state index contributed by atoms with van der Waals surface area (Å²) in [7, 11) is 0. The third-order valence-electron chi connectivity index (χ3n) is 4.64. The Morgan fingerprint density at radius 2 is 1.92 bits per heavy atom. The summed E-state index contributed by atoms with van der Waals surface area (Å²) in [5.74, 6) is 0. The lowest BCUT2D eigenvalue weighted by atomic mass is 9.86. The summed E-state index contributed by atoms with van der Waals surface area (Å²) in [6.07, 6.45) is 5.72. The van der Waals surface area contributed by atoms with Crippen molar-refractivity contribution in [1.29, 1.82) is 5.26 Å². The minimum Gasteiger partial charge on any atom is -0.362 e. The molecular weight excluding hydrogens is 318 g/mol. The van der Waals surface area contributed by atoms with Gasteiger partial charge in [0, 0.05) is 6.20 Å². The largest absolute Gasteiger partial charge is 0.362 e. The average molecular weight is 335 g/mol. The number of rotatable bonds is 2. The van der Waals surface area contributed by atoms with E-state index >= 15 is 0 Å². The molecule has 0 saturated carbocycles. The van der Waals surface area contributed by atoms with Crippen LogP contribution in [0.4, 0.5) is 0 Å². The summed E-state index contributed by atoms with van der Waals surface area (Å²) in [5.41, 5.74) is 4.05. The highest BCUT2D eigenvalue weighted by Gasteiger charge is 2.28. The van der Waals surface area contributed by atoms with Crippen molar-refractivity contribution in [3.8, 4) is 17.3 Å². The molecule has 2 heterocycles. The highest BCUT2D eigenvalue weighted by Crippen LogP contribution is 2.36. The van der Waals surface area contributed by atoms with Gasteiger partial charge in [0.2, 0.25) is 0 Å². The quantitative estimate of drug-likeness (QED) is 0.912. The fourth-order valence-electron chi connectivity index (χ4n) is 3.60. The number of fused-ring (bicyclic) bond motifs is 1. The van der Waals surface area contributed by atoms with Crippen LogP contribution in [0.1, 0.15) is 35.0 Å². The Bertz CT molecular complexity index is 901. The molecule has 1 aliphatic carbocycles. The molecule has 0 fully saturated rings. The Morgan fingerprint density at radius 1 is 1.17 bits per heavy atom. The zero-order valence-electron chi connectivity index (χ0n) is 13.2. The van der Waals surface area contributed by atoms with Crippen LogP contribution in [-0.4, -0.2) is 4.57 Å². The number of hydrogen-bond acceptors (Lipinski definition) is 4. The number of pyridine rings is 1. The van der Waals surface area contributed by atoms with E-state index in [1.54, 1.807) is 16.3 Å². The summed E-state index contributed by atoms with van der Waals surface area (Å²) in [6, 6.07) is 12.2. The molecule has 0 bridgehead atoms. The molecule has 1 aliphatic heterocycles. The number of nitriles is 1. The van der Waals surface area contributed by atoms with Crippen LogP contribution < -0.4 is 10.9 Å². The molecule has 1 aromatic heterocycles. The average Bonchev–Trinajstić information content (AvgIpc) is 3.15. The Labute approximate surface area is 144 Å². The summed E-state index contributed by atoms with van der Waals surface area (Å²) < 4.78 is 1.77. The molecule has 4 nitrogen and oxygen atoms in total. The third kappa shape index (κ3) is 2.35. The van der Waals surface area contributed by atoms with Crippen LogP contribution in [0, 0.1) is 11.3 Å². The lowest BCUT2D eigenvalue weighted by Crippen LogP contribution is -2.34. The van der Waals surface area contributed by atoms with Gasteiger partial charge in [0.15, 0.2) is 5.50 Å². The van der Waals surface area contributed by atoms with E-state index in [9.17, 15) is 10.1 Å². The third-order valence-corrected chi connectivity index (χ3v) is 5.53. The number of thioether (sulfide) groups is 1. The lowest BCUT2D eigenvalue weighted by Gasteiger charge is -2.27. The number of aromatic nitrogens is 1. The van der Waals surface area contributed by atoms with E-state index in [1.807, 2.05) is 41.9 Å². The predicted octanol–water partition coefficient (Wildman–Crippen LogP) is 3.53. The van der Waals surface area contributed by atoms with Gasteiger partial charge in [-0.2, -0.15) is 5.26 Å². The van der Waals surface area contributed by atoms with Crippen molar-refractivity contribution in [2.45, 2.75) is 31.2 Å². The van der Waals surface area contributed by atoms with E-state index in [0.29, 0.717) is 5.56 Å². The van der Waals surface area contributed by atoms with Gasteiger partial charge in [0.05, 0.1) is 5.69 Å². The normalized spacial score (nSPS) is 18.7. The number of benzene rings is 1. The molecule has 2 aromatic rings. The minimum absolute atomic E-state index is 0.189.